The Morgan fingerprint density at radius 2 is 1.35 bits per heavy atom. The van der Waals surface area contributed by atoms with Crippen molar-refractivity contribution in [2.24, 2.45) is 0 Å². The van der Waals surface area contributed by atoms with Crippen molar-refractivity contribution in [1.29, 1.82) is 0 Å². The van der Waals surface area contributed by atoms with Gasteiger partial charge in [0, 0.05) is 5.69 Å². The summed E-state index contributed by atoms with van der Waals surface area (Å²) in [6, 6.07) is 26.8. The van der Waals surface area contributed by atoms with Crippen LogP contribution in [0.4, 0.5) is 5.69 Å². The fourth-order valence-electron chi connectivity index (χ4n) is 3.39. The maximum atomic E-state index is 13.1. The Balaban J connectivity index is 1.64. The zero-order chi connectivity index (χ0) is 22.2. The number of anilines is 1. The number of nitrogens with one attached hydrogen (secondary N) is 3. The van der Waals surface area contributed by atoms with Gasteiger partial charge in [-0.3, -0.25) is 9.59 Å². The van der Waals surface area contributed by atoms with E-state index in [1.807, 2.05) is 106 Å². The van der Waals surface area contributed by atoms with Gasteiger partial charge in [-0.2, -0.15) is 0 Å². The van der Waals surface area contributed by atoms with Crippen LogP contribution >= 0.6 is 0 Å². The number of aryl methyl sites for hydroxylation is 1. The van der Waals surface area contributed by atoms with Crippen LogP contribution in [0.1, 0.15) is 29.7 Å². The summed E-state index contributed by atoms with van der Waals surface area (Å²) in [5, 5.41) is 6.06. The molecular weight excluding hydrogens is 386 g/mol. The van der Waals surface area contributed by atoms with Gasteiger partial charge in [-0.25, -0.2) is 0 Å². The largest absolute Gasteiger partial charge is 0.340 e. The molecule has 0 fully saturated rings. The normalized spacial score (nSPS) is 12.8. The van der Waals surface area contributed by atoms with Crippen molar-refractivity contribution in [2.45, 2.75) is 25.9 Å². The van der Waals surface area contributed by atoms with Crippen LogP contribution in [0.25, 0.3) is 0 Å². The van der Waals surface area contributed by atoms with Crippen molar-refractivity contribution < 1.29 is 14.5 Å². The quantitative estimate of drug-likeness (QED) is 0.529. The number of hydrogen-bond donors (Lipinski definition) is 3. The molecule has 31 heavy (non-hydrogen) atoms. The van der Waals surface area contributed by atoms with E-state index in [-0.39, 0.29) is 24.4 Å². The molecule has 0 aromatic heterocycles. The lowest BCUT2D eigenvalue weighted by atomic mass is 9.98. The zero-order valence-electron chi connectivity index (χ0n) is 18.3. The molecule has 2 atom stereocenters. The van der Waals surface area contributed by atoms with Gasteiger partial charge in [-0.1, -0.05) is 78.4 Å². The first-order chi connectivity index (χ1) is 14.9. The molecule has 0 radical (unpaired) electrons. The van der Waals surface area contributed by atoms with E-state index >= 15 is 0 Å². The first-order valence-corrected chi connectivity index (χ1v) is 10.5. The van der Waals surface area contributed by atoms with Crippen molar-refractivity contribution in [2.75, 3.05) is 18.9 Å². The summed E-state index contributed by atoms with van der Waals surface area (Å²) in [6.45, 7) is 4.04. The van der Waals surface area contributed by atoms with E-state index in [0.717, 1.165) is 27.3 Å². The van der Waals surface area contributed by atoms with Gasteiger partial charge in [0.05, 0.1) is 13.1 Å². The summed E-state index contributed by atoms with van der Waals surface area (Å²) >= 11 is 0. The van der Waals surface area contributed by atoms with E-state index in [1.165, 1.54) is 0 Å². The van der Waals surface area contributed by atoms with Crippen LogP contribution in [-0.4, -0.2) is 31.4 Å². The Morgan fingerprint density at radius 3 is 1.87 bits per heavy atom. The van der Waals surface area contributed by atoms with Crippen molar-refractivity contribution >= 4 is 17.5 Å². The SMILES string of the molecule is Cc1ccc(NC(=O)C[NH+](C)[C@@H](C)C(=O)NC(c2ccccc2)c2ccccc2)cc1. The molecule has 3 N–H and O–H groups in total. The molecule has 0 bridgehead atoms. The third-order valence-corrected chi connectivity index (χ3v) is 5.46. The molecule has 1 unspecified atom stereocenters. The van der Waals surface area contributed by atoms with Crippen molar-refractivity contribution in [3.8, 4) is 0 Å². The fourth-order valence-corrected chi connectivity index (χ4v) is 3.39. The summed E-state index contributed by atoms with van der Waals surface area (Å²) < 4.78 is 0. The molecule has 0 spiro atoms. The molecule has 2 amide bonds. The Labute approximate surface area is 184 Å². The molecule has 3 aromatic rings. The summed E-state index contributed by atoms with van der Waals surface area (Å²) in [6.07, 6.45) is 0. The lowest BCUT2D eigenvalue weighted by molar-refractivity contribution is -0.885. The van der Waals surface area contributed by atoms with Crippen molar-refractivity contribution in [1.82, 2.24) is 5.32 Å². The van der Waals surface area contributed by atoms with E-state index in [4.69, 9.17) is 0 Å². The number of quaternary nitrogens is 1. The molecule has 0 aliphatic heterocycles. The smallest absolute Gasteiger partial charge is 0.279 e. The standard InChI is InChI=1S/C26H29N3O2/c1-19-14-16-23(17-15-19)27-24(30)18-29(3)20(2)26(31)28-25(21-10-6-4-7-11-21)22-12-8-5-9-13-22/h4-17,20,25H,18H2,1-3H3,(H,27,30)(H,28,31)/p+1/t20-/m0/s1. The van der Waals surface area contributed by atoms with Gasteiger partial charge in [0.2, 0.25) is 0 Å². The third-order valence-electron chi connectivity index (χ3n) is 5.46. The van der Waals surface area contributed by atoms with Crippen LogP contribution in [0.15, 0.2) is 84.9 Å². The molecule has 3 aromatic carbocycles. The number of hydrogen-bond acceptors (Lipinski definition) is 2. The first-order valence-electron chi connectivity index (χ1n) is 10.5. The monoisotopic (exact) mass is 416 g/mol. The maximum absolute atomic E-state index is 13.1. The Kier molecular flexibility index (Phi) is 7.57. The van der Waals surface area contributed by atoms with Gasteiger partial charge < -0.3 is 15.5 Å². The van der Waals surface area contributed by atoms with Gasteiger partial charge in [-0.15, -0.1) is 0 Å². The topological polar surface area (TPSA) is 62.6 Å². The molecular formula is C26H30N3O2+. The van der Waals surface area contributed by atoms with Crippen LogP contribution in [0, 0.1) is 6.92 Å². The second-order valence-electron chi connectivity index (χ2n) is 7.92. The fraction of sp³-hybridized carbons (Fsp3) is 0.231. The minimum Gasteiger partial charge on any atom is -0.340 e. The Bertz CT molecular complexity index is 949. The predicted molar refractivity (Wildman–Crippen MR) is 124 cm³/mol. The first kappa shape index (κ1) is 22.2. The highest BCUT2D eigenvalue weighted by molar-refractivity contribution is 5.91. The van der Waals surface area contributed by atoms with Crippen LogP contribution < -0.4 is 15.5 Å². The molecule has 0 saturated heterocycles. The van der Waals surface area contributed by atoms with Gasteiger partial charge in [0.1, 0.15) is 0 Å². The number of carbonyl (C=O) groups excluding carboxylic acids is 2. The number of amides is 2. The number of benzene rings is 3. The molecule has 0 saturated carbocycles. The highest BCUT2D eigenvalue weighted by Crippen LogP contribution is 2.21. The minimum atomic E-state index is -0.390. The summed E-state index contributed by atoms with van der Waals surface area (Å²) in [4.78, 5) is 26.3. The molecule has 5 nitrogen and oxygen atoms in total. The van der Waals surface area contributed by atoms with Gasteiger partial charge in [-0.05, 0) is 37.1 Å². The summed E-state index contributed by atoms with van der Waals surface area (Å²) in [7, 11) is 1.86. The van der Waals surface area contributed by atoms with Crippen LogP contribution in [0.3, 0.4) is 0 Å². The second kappa shape index (κ2) is 10.5. The Hall–Kier alpha value is -3.44. The molecule has 0 heterocycles. The van der Waals surface area contributed by atoms with Crippen LogP contribution in [0.2, 0.25) is 0 Å². The second-order valence-corrected chi connectivity index (χ2v) is 7.92. The van der Waals surface area contributed by atoms with E-state index < -0.39 is 6.04 Å². The van der Waals surface area contributed by atoms with E-state index in [1.54, 1.807) is 0 Å². The van der Waals surface area contributed by atoms with Crippen LogP contribution in [0.5, 0.6) is 0 Å². The number of carbonyl (C=O) groups is 2. The predicted octanol–water partition coefficient (Wildman–Crippen LogP) is 2.74. The highest BCUT2D eigenvalue weighted by Gasteiger charge is 2.27. The average Bonchev–Trinajstić information content (AvgIpc) is 2.79. The summed E-state index contributed by atoms with van der Waals surface area (Å²) in [5.74, 6) is -0.220. The zero-order valence-corrected chi connectivity index (χ0v) is 18.3. The van der Waals surface area contributed by atoms with Crippen molar-refractivity contribution in [3.63, 3.8) is 0 Å². The van der Waals surface area contributed by atoms with Gasteiger partial charge in [0.15, 0.2) is 12.6 Å². The van der Waals surface area contributed by atoms with Crippen LogP contribution in [-0.2, 0) is 9.59 Å². The summed E-state index contributed by atoms with van der Waals surface area (Å²) in [5.41, 5.74) is 3.93. The van der Waals surface area contributed by atoms with Crippen molar-refractivity contribution in [3.05, 3.63) is 102 Å². The third kappa shape index (κ3) is 6.27. The molecule has 0 aliphatic carbocycles. The van der Waals surface area contributed by atoms with E-state index in [9.17, 15) is 9.59 Å². The maximum Gasteiger partial charge on any atom is 0.279 e. The van der Waals surface area contributed by atoms with Gasteiger partial charge >= 0.3 is 0 Å². The van der Waals surface area contributed by atoms with E-state index in [0.29, 0.717) is 0 Å². The Morgan fingerprint density at radius 1 is 0.839 bits per heavy atom. The number of likely N-dealkylation sites (N-methyl/N-ethyl adjacent to an activating group) is 1. The molecule has 160 valence electrons. The molecule has 0 aliphatic rings. The van der Waals surface area contributed by atoms with Gasteiger partial charge in [0.25, 0.3) is 11.8 Å². The van der Waals surface area contributed by atoms with E-state index in [2.05, 4.69) is 10.6 Å². The average molecular weight is 417 g/mol. The lowest BCUT2D eigenvalue weighted by Gasteiger charge is -2.25. The number of rotatable bonds is 8. The highest BCUT2D eigenvalue weighted by atomic mass is 16.2. The lowest BCUT2D eigenvalue weighted by Crippen LogP contribution is -3.15. The minimum absolute atomic E-state index is 0.0988. The molecule has 5 heteroatoms. The molecule has 3 rings (SSSR count).